The lowest BCUT2D eigenvalue weighted by molar-refractivity contribution is 0.0931. The van der Waals surface area contributed by atoms with Gasteiger partial charge in [0.1, 0.15) is 5.69 Å². The minimum Gasteiger partial charge on any atom is -0.350 e. The fraction of sp³-hybridized carbons (Fsp3) is 0.205. The molecule has 0 bridgehead atoms. The minimum atomic E-state index is -1.18. The van der Waals surface area contributed by atoms with Gasteiger partial charge in [0.15, 0.2) is 0 Å². The highest BCUT2D eigenvalue weighted by molar-refractivity contribution is 7.81. The second-order valence-corrected chi connectivity index (χ2v) is 14.3. The quantitative estimate of drug-likeness (QED) is 0.153. The zero-order valence-corrected chi connectivity index (χ0v) is 29.4. The number of halogens is 2. The average molecular weight is 698 g/mol. The van der Waals surface area contributed by atoms with Crippen molar-refractivity contribution in [1.82, 2.24) is 19.5 Å². The third-order valence-electron chi connectivity index (χ3n) is 9.21. The van der Waals surface area contributed by atoms with E-state index in [-0.39, 0.29) is 23.9 Å². The molecule has 2 N–H and O–H groups in total. The number of nitrogens with zero attached hydrogens (tertiary/aromatic N) is 2. The van der Waals surface area contributed by atoms with E-state index >= 15 is 0 Å². The first-order valence-electron chi connectivity index (χ1n) is 15.8. The van der Waals surface area contributed by atoms with Gasteiger partial charge >= 0.3 is 0 Å². The van der Waals surface area contributed by atoms with E-state index in [1.807, 2.05) is 89.4 Å². The summed E-state index contributed by atoms with van der Waals surface area (Å²) in [5.74, 6) is -0.287. The maximum atomic E-state index is 14.6. The minimum absolute atomic E-state index is 0.0306. The Morgan fingerprint density at radius 1 is 0.979 bits per heavy atom. The summed E-state index contributed by atoms with van der Waals surface area (Å²) < 4.78 is 14.5. The summed E-state index contributed by atoms with van der Waals surface area (Å²) in [5, 5.41) is 5.41. The summed E-state index contributed by atoms with van der Waals surface area (Å²) in [7, 11) is -1.18. The maximum Gasteiger partial charge on any atom is 0.268 e. The van der Waals surface area contributed by atoms with Gasteiger partial charge in [-0.2, -0.15) is 0 Å². The van der Waals surface area contributed by atoms with E-state index in [4.69, 9.17) is 23.2 Å². The number of amides is 1. The lowest BCUT2D eigenvalue weighted by atomic mass is 9.93. The van der Waals surface area contributed by atoms with Crippen molar-refractivity contribution in [3.05, 3.63) is 154 Å². The van der Waals surface area contributed by atoms with Crippen molar-refractivity contribution in [3.8, 4) is 0 Å². The third-order valence-corrected chi connectivity index (χ3v) is 10.7. The molecule has 1 amide bonds. The van der Waals surface area contributed by atoms with Crippen molar-refractivity contribution >= 4 is 62.3 Å². The summed E-state index contributed by atoms with van der Waals surface area (Å²) in [5.41, 5.74) is 6.84. The lowest BCUT2D eigenvalue weighted by Gasteiger charge is -2.33. The molecule has 0 spiro atoms. The largest absolute Gasteiger partial charge is 0.350 e. The van der Waals surface area contributed by atoms with Gasteiger partial charge in [-0.25, -0.2) is 8.51 Å². The summed E-state index contributed by atoms with van der Waals surface area (Å²) in [4.78, 5) is 20.2. The number of carbonyl (C=O) groups is 1. The first-order valence-corrected chi connectivity index (χ1v) is 18.1. The van der Waals surface area contributed by atoms with E-state index in [1.165, 1.54) is 0 Å². The predicted octanol–water partition coefficient (Wildman–Crippen LogP) is 9.06. The molecule has 246 valence electrons. The monoisotopic (exact) mass is 696 g/mol. The number of hydrogen-bond acceptors (Lipinski definition) is 3. The van der Waals surface area contributed by atoms with E-state index in [9.17, 15) is 9.00 Å². The number of fused-ring (bicyclic) bond motifs is 1. The number of aromatic nitrogens is 1. The Kier molecular flexibility index (Phi) is 10.2. The van der Waals surface area contributed by atoms with Gasteiger partial charge in [0.05, 0.1) is 28.8 Å². The number of H-pyrrole nitrogens is 1. The van der Waals surface area contributed by atoms with Crippen LogP contribution in [0.4, 0.5) is 0 Å². The molecule has 5 aromatic rings. The first kappa shape index (κ1) is 33.7. The molecule has 1 aromatic heterocycles. The fourth-order valence-corrected chi connectivity index (χ4v) is 7.71. The van der Waals surface area contributed by atoms with Crippen LogP contribution in [0.5, 0.6) is 0 Å². The van der Waals surface area contributed by atoms with Crippen LogP contribution in [0.1, 0.15) is 58.5 Å². The Labute approximate surface area is 294 Å². The van der Waals surface area contributed by atoms with Gasteiger partial charge in [-0.3, -0.25) is 4.79 Å². The van der Waals surface area contributed by atoms with Crippen molar-refractivity contribution in [2.75, 3.05) is 19.3 Å². The van der Waals surface area contributed by atoms with Crippen LogP contribution in [0.25, 0.3) is 22.2 Å². The molecular formula is C39H38Cl2N4O2S. The second kappa shape index (κ2) is 14.5. The van der Waals surface area contributed by atoms with Gasteiger partial charge in [-0.05, 0) is 66.6 Å². The molecule has 1 saturated heterocycles. The van der Waals surface area contributed by atoms with E-state index < -0.39 is 11.0 Å². The van der Waals surface area contributed by atoms with Crippen molar-refractivity contribution in [1.29, 1.82) is 0 Å². The number of rotatable bonds is 10. The Balaban J connectivity index is 1.52. The van der Waals surface area contributed by atoms with Gasteiger partial charge < -0.3 is 15.2 Å². The highest BCUT2D eigenvalue weighted by atomic mass is 35.5. The normalized spacial score (nSPS) is 18.3. The number of allylic oxidation sites excluding steroid dienone is 1. The molecule has 6 rings (SSSR count). The van der Waals surface area contributed by atoms with Crippen molar-refractivity contribution in [2.45, 2.75) is 31.8 Å². The Morgan fingerprint density at radius 2 is 1.62 bits per heavy atom. The van der Waals surface area contributed by atoms with E-state index in [0.717, 1.165) is 44.4 Å². The molecule has 0 saturated carbocycles. The van der Waals surface area contributed by atoms with Crippen LogP contribution in [0.2, 0.25) is 10.0 Å². The summed E-state index contributed by atoms with van der Waals surface area (Å²) in [6, 6.07) is 33.2. The summed E-state index contributed by atoms with van der Waals surface area (Å²) >= 11 is 12.8. The molecule has 1 aliphatic heterocycles. The highest BCUT2D eigenvalue weighted by Gasteiger charge is 2.38. The van der Waals surface area contributed by atoms with Crippen LogP contribution in [0, 0.1) is 0 Å². The van der Waals surface area contributed by atoms with Gasteiger partial charge in [0, 0.05) is 51.8 Å². The topological polar surface area (TPSA) is 68.4 Å². The highest BCUT2D eigenvalue weighted by Crippen LogP contribution is 2.41. The van der Waals surface area contributed by atoms with Gasteiger partial charge in [-0.1, -0.05) is 109 Å². The molecule has 0 radical (unpaired) electrons. The van der Waals surface area contributed by atoms with Crippen molar-refractivity contribution in [2.24, 2.45) is 0 Å². The van der Waals surface area contributed by atoms with Crippen molar-refractivity contribution < 1.29 is 9.00 Å². The van der Waals surface area contributed by atoms with Crippen LogP contribution in [0.3, 0.4) is 0 Å². The second-order valence-electron chi connectivity index (χ2n) is 12.1. The van der Waals surface area contributed by atoms with E-state index in [0.29, 0.717) is 28.8 Å². The predicted molar refractivity (Wildman–Crippen MR) is 200 cm³/mol. The molecule has 48 heavy (non-hydrogen) atoms. The molecule has 1 aliphatic rings. The Morgan fingerprint density at radius 3 is 2.27 bits per heavy atom. The molecule has 0 aliphatic carbocycles. The van der Waals surface area contributed by atoms with Gasteiger partial charge in [0.2, 0.25) is 0 Å². The average Bonchev–Trinajstić information content (AvgIpc) is 3.69. The number of hydrogen-bond donors (Lipinski definition) is 2. The number of benzene rings is 4. The van der Waals surface area contributed by atoms with Gasteiger partial charge in [0.25, 0.3) is 5.91 Å². The van der Waals surface area contributed by atoms with Gasteiger partial charge in [-0.15, -0.1) is 0 Å². The first-order chi connectivity index (χ1) is 23.2. The zero-order chi connectivity index (χ0) is 33.9. The molecule has 4 atom stereocenters. The lowest BCUT2D eigenvalue weighted by Crippen LogP contribution is -2.40. The van der Waals surface area contributed by atoms with E-state index in [1.54, 1.807) is 6.26 Å². The zero-order valence-electron chi connectivity index (χ0n) is 27.1. The molecular weight excluding hydrogens is 659 g/mol. The molecule has 2 heterocycles. The fourth-order valence-electron chi connectivity index (χ4n) is 6.67. The SMILES string of the molecule is C=CN(/C(=C(\C)c1ccccc1)c1c(C(=O)NC2CN(S(C)=O)C[C@H]2c2ccccc2)[nH]c2cc(Cl)ccc12)C(C)c1ccc(Cl)cc1. The standard InChI is InChI=1S/C39H38Cl2N4O2S/c1-5-45(26(3)28-16-18-30(40)19-17-28)38(25(2)27-12-8-6-9-13-27)36-32-21-20-31(41)22-34(32)42-37(36)39(46)43-35-24-44(48(4)47)23-33(35)29-14-10-7-11-15-29/h5-22,26,33,35,42H,1,23-24H2,2-4H3,(H,43,46)/b38-25+/t26?,33-,35?,48?/m0/s1. The van der Waals surface area contributed by atoms with Crippen LogP contribution < -0.4 is 5.32 Å². The number of aromatic amines is 1. The molecule has 1 fully saturated rings. The van der Waals surface area contributed by atoms with Crippen LogP contribution in [-0.2, 0) is 11.0 Å². The number of carbonyl (C=O) groups excluding carboxylic acids is 1. The van der Waals surface area contributed by atoms with Crippen molar-refractivity contribution in [3.63, 3.8) is 0 Å². The molecule has 6 nitrogen and oxygen atoms in total. The Hall–Kier alpha value is -4.14. The Bertz CT molecular complexity index is 1990. The van der Waals surface area contributed by atoms with Crippen LogP contribution in [-0.4, -0.2) is 49.7 Å². The number of nitrogens with one attached hydrogen (secondary N) is 2. The summed E-state index contributed by atoms with van der Waals surface area (Å²) in [6.07, 6.45) is 3.50. The van der Waals surface area contributed by atoms with Crippen LogP contribution >= 0.6 is 23.2 Å². The molecule has 3 unspecified atom stereocenters. The third kappa shape index (κ3) is 6.87. The molecule has 4 aromatic carbocycles. The smallest absolute Gasteiger partial charge is 0.268 e. The molecule has 9 heteroatoms. The van der Waals surface area contributed by atoms with E-state index in [2.05, 4.69) is 59.9 Å². The summed E-state index contributed by atoms with van der Waals surface area (Å²) in [6.45, 7) is 9.48. The van der Waals surface area contributed by atoms with Crippen LogP contribution in [0.15, 0.2) is 116 Å². The maximum absolute atomic E-state index is 14.6.